The molecule has 0 saturated heterocycles. The minimum atomic E-state index is -0.0273. The third kappa shape index (κ3) is 5.53. The predicted octanol–water partition coefficient (Wildman–Crippen LogP) is 3.95. The van der Waals surface area contributed by atoms with Crippen LogP contribution in [0.1, 0.15) is 50.3 Å². The molecule has 1 aromatic heterocycles. The molecule has 1 aliphatic rings. The molecule has 1 aromatic rings. The van der Waals surface area contributed by atoms with Crippen molar-refractivity contribution < 1.29 is 4.79 Å². The van der Waals surface area contributed by atoms with Gasteiger partial charge in [0.05, 0.1) is 0 Å². The molecule has 1 fully saturated rings. The Labute approximate surface area is 126 Å². The third-order valence-corrected chi connectivity index (χ3v) is 4.91. The van der Waals surface area contributed by atoms with Crippen LogP contribution in [0.4, 0.5) is 4.79 Å². The highest BCUT2D eigenvalue weighted by atomic mass is 32.1. The zero-order valence-corrected chi connectivity index (χ0v) is 13.2. The van der Waals surface area contributed by atoms with E-state index in [9.17, 15) is 4.79 Å². The summed E-state index contributed by atoms with van der Waals surface area (Å²) in [6.45, 7) is 2.85. The van der Waals surface area contributed by atoms with Crippen LogP contribution in [0.2, 0.25) is 0 Å². The molecule has 2 rings (SSSR count). The monoisotopic (exact) mass is 294 g/mol. The van der Waals surface area contributed by atoms with Gasteiger partial charge in [-0.1, -0.05) is 31.7 Å². The summed E-state index contributed by atoms with van der Waals surface area (Å²) in [5, 5.41) is 8.05. The first-order chi connectivity index (χ1) is 9.74. The highest BCUT2D eigenvalue weighted by Crippen LogP contribution is 2.28. The van der Waals surface area contributed by atoms with Crippen molar-refractivity contribution in [2.24, 2.45) is 5.92 Å². The van der Waals surface area contributed by atoms with Gasteiger partial charge >= 0.3 is 6.03 Å². The SMILES string of the molecule is CC(Cc1cccs1)NC(=O)NCCCC1CCCC1. The van der Waals surface area contributed by atoms with Gasteiger partial charge in [0.2, 0.25) is 0 Å². The largest absolute Gasteiger partial charge is 0.338 e. The van der Waals surface area contributed by atoms with Crippen LogP contribution in [0.25, 0.3) is 0 Å². The van der Waals surface area contributed by atoms with E-state index >= 15 is 0 Å². The van der Waals surface area contributed by atoms with Crippen molar-refractivity contribution in [2.75, 3.05) is 6.54 Å². The van der Waals surface area contributed by atoms with Crippen molar-refractivity contribution >= 4 is 17.4 Å². The Balaban J connectivity index is 1.53. The molecular weight excluding hydrogens is 268 g/mol. The van der Waals surface area contributed by atoms with Crippen LogP contribution in [0.15, 0.2) is 17.5 Å². The lowest BCUT2D eigenvalue weighted by Crippen LogP contribution is -2.41. The van der Waals surface area contributed by atoms with Crippen molar-refractivity contribution in [1.29, 1.82) is 0 Å². The molecule has 20 heavy (non-hydrogen) atoms. The molecule has 2 N–H and O–H groups in total. The highest BCUT2D eigenvalue weighted by Gasteiger charge is 2.14. The lowest BCUT2D eigenvalue weighted by molar-refractivity contribution is 0.237. The first kappa shape index (κ1) is 15.4. The van der Waals surface area contributed by atoms with Gasteiger partial charge in [-0.2, -0.15) is 0 Å². The first-order valence-electron chi connectivity index (χ1n) is 7.81. The quantitative estimate of drug-likeness (QED) is 0.735. The molecule has 1 aliphatic carbocycles. The smallest absolute Gasteiger partial charge is 0.315 e. The van der Waals surface area contributed by atoms with Gasteiger partial charge in [0, 0.05) is 23.9 Å². The summed E-state index contributed by atoms with van der Waals surface area (Å²) in [6, 6.07) is 4.32. The van der Waals surface area contributed by atoms with Crippen LogP contribution in [-0.4, -0.2) is 18.6 Å². The van der Waals surface area contributed by atoms with E-state index < -0.39 is 0 Å². The van der Waals surface area contributed by atoms with Crippen molar-refractivity contribution in [3.8, 4) is 0 Å². The number of amides is 2. The van der Waals surface area contributed by atoms with Crippen molar-refractivity contribution in [3.05, 3.63) is 22.4 Å². The van der Waals surface area contributed by atoms with E-state index in [1.165, 1.54) is 37.0 Å². The minimum absolute atomic E-state index is 0.0273. The van der Waals surface area contributed by atoms with Crippen molar-refractivity contribution in [3.63, 3.8) is 0 Å². The Hall–Kier alpha value is -1.03. The lowest BCUT2D eigenvalue weighted by atomic mass is 10.0. The van der Waals surface area contributed by atoms with Crippen LogP contribution >= 0.6 is 11.3 Å². The van der Waals surface area contributed by atoms with E-state index in [-0.39, 0.29) is 12.1 Å². The Bertz CT molecular complexity index is 385. The van der Waals surface area contributed by atoms with E-state index in [0.29, 0.717) is 0 Å². The number of carbonyl (C=O) groups excluding carboxylic acids is 1. The first-order valence-corrected chi connectivity index (χ1v) is 8.69. The van der Waals surface area contributed by atoms with Crippen LogP contribution in [-0.2, 0) is 6.42 Å². The Morgan fingerprint density at radius 3 is 2.95 bits per heavy atom. The second-order valence-corrected chi connectivity index (χ2v) is 6.91. The van der Waals surface area contributed by atoms with Gasteiger partial charge in [0.1, 0.15) is 0 Å². The average Bonchev–Trinajstić information content (AvgIpc) is 3.07. The fourth-order valence-corrected chi connectivity index (χ4v) is 3.78. The maximum Gasteiger partial charge on any atom is 0.315 e. The Kier molecular flexibility index (Phi) is 6.37. The molecule has 1 atom stereocenters. The number of carbonyl (C=O) groups is 1. The molecule has 112 valence electrons. The number of hydrogen-bond donors (Lipinski definition) is 2. The van der Waals surface area contributed by atoms with Gasteiger partial charge in [-0.15, -0.1) is 11.3 Å². The molecule has 1 heterocycles. The number of urea groups is 1. The third-order valence-electron chi connectivity index (χ3n) is 4.01. The van der Waals surface area contributed by atoms with E-state index in [4.69, 9.17) is 0 Å². The maximum atomic E-state index is 11.8. The van der Waals surface area contributed by atoms with Crippen LogP contribution in [0.3, 0.4) is 0 Å². The van der Waals surface area contributed by atoms with E-state index in [0.717, 1.165) is 25.3 Å². The Morgan fingerprint density at radius 2 is 2.25 bits per heavy atom. The maximum absolute atomic E-state index is 11.8. The summed E-state index contributed by atoms with van der Waals surface area (Å²) in [5.41, 5.74) is 0. The van der Waals surface area contributed by atoms with Gasteiger partial charge in [-0.05, 0) is 37.1 Å². The summed E-state index contributed by atoms with van der Waals surface area (Å²) >= 11 is 1.74. The van der Waals surface area contributed by atoms with Crippen LogP contribution in [0.5, 0.6) is 0 Å². The van der Waals surface area contributed by atoms with Crippen molar-refractivity contribution in [1.82, 2.24) is 10.6 Å². The molecule has 4 heteroatoms. The second-order valence-electron chi connectivity index (χ2n) is 5.88. The van der Waals surface area contributed by atoms with Crippen LogP contribution in [0, 0.1) is 5.92 Å². The molecule has 0 aliphatic heterocycles. The number of thiophene rings is 1. The molecule has 0 bridgehead atoms. The zero-order valence-electron chi connectivity index (χ0n) is 12.4. The van der Waals surface area contributed by atoms with Crippen LogP contribution < -0.4 is 10.6 Å². The molecule has 0 radical (unpaired) electrons. The summed E-state index contributed by atoms with van der Waals surface area (Å²) in [5.74, 6) is 0.914. The van der Waals surface area contributed by atoms with E-state index in [1.807, 2.05) is 0 Å². The number of nitrogens with one attached hydrogen (secondary N) is 2. The highest BCUT2D eigenvalue weighted by molar-refractivity contribution is 7.09. The normalized spacial score (nSPS) is 17.1. The average molecular weight is 294 g/mol. The van der Waals surface area contributed by atoms with E-state index in [2.05, 4.69) is 35.1 Å². The summed E-state index contributed by atoms with van der Waals surface area (Å²) in [7, 11) is 0. The zero-order chi connectivity index (χ0) is 14.2. The second kappa shape index (κ2) is 8.30. The van der Waals surface area contributed by atoms with Gasteiger partial charge in [-0.25, -0.2) is 4.79 Å². The molecule has 0 spiro atoms. The molecule has 1 unspecified atom stereocenters. The molecule has 3 nitrogen and oxygen atoms in total. The molecular formula is C16H26N2OS. The van der Waals surface area contributed by atoms with Crippen molar-refractivity contribution in [2.45, 2.75) is 57.9 Å². The van der Waals surface area contributed by atoms with Gasteiger partial charge in [-0.3, -0.25) is 0 Å². The van der Waals surface area contributed by atoms with Gasteiger partial charge in [0.25, 0.3) is 0 Å². The summed E-state index contributed by atoms with van der Waals surface area (Å²) in [6.07, 6.45) is 8.88. The fraction of sp³-hybridized carbons (Fsp3) is 0.688. The number of rotatable bonds is 7. The minimum Gasteiger partial charge on any atom is -0.338 e. The molecule has 1 saturated carbocycles. The fourth-order valence-electron chi connectivity index (χ4n) is 2.95. The predicted molar refractivity (Wildman–Crippen MR) is 85.2 cm³/mol. The topological polar surface area (TPSA) is 41.1 Å². The molecule has 0 aromatic carbocycles. The summed E-state index contributed by atoms with van der Waals surface area (Å²) < 4.78 is 0. The van der Waals surface area contributed by atoms with Gasteiger partial charge in [0.15, 0.2) is 0 Å². The van der Waals surface area contributed by atoms with E-state index in [1.54, 1.807) is 11.3 Å². The Morgan fingerprint density at radius 1 is 1.45 bits per heavy atom. The number of hydrogen-bond acceptors (Lipinski definition) is 2. The van der Waals surface area contributed by atoms with Gasteiger partial charge < -0.3 is 10.6 Å². The molecule has 2 amide bonds. The summed E-state index contributed by atoms with van der Waals surface area (Å²) in [4.78, 5) is 13.1. The lowest BCUT2D eigenvalue weighted by Gasteiger charge is -2.14. The standard InChI is InChI=1S/C16H26N2OS/c1-13(12-15-9-5-11-20-15)18-16(19)17-10-4-8-14-6-2-3-7-14/h5,9,11,13-14H,2-4,6-8,10,12H2,1H3,(H2,17,18,19).